The van der Waals surface area contributed by atoms with Crippen molar-refractivity contribution in [1.82, 2.24) is 0 Å². The van der Waals surface area contributed by atoms with E-state index >= 15 is 0 Å². The van der Waals surface area contributed by atoms with Crippen molar-refractivity contribution < 1.29 is 13.6 Å². The van der Waals surface area contributed by atoms with Gasteiger partial charge in [0.15, 0.2) is 0 Å². The minimum absolute atomic E-state index is 0.0203. The second kappa shape index (κ2) is 5.77. The van der Waals surface area contributed by atoms with Crippen molar-refractivity contribution >= 4 is 22.7 Å². The van der Waals surface area contributed by atoms with E-state index in [1.807, 2.05) is 13.8 Å². The number of hydrogen-bond acceptors (Lipinski definition) is 3. The van der Waals surface area contributed by atoms with Crippen molar-refractivity contribution in [3.05, 3.63) is 29.8 Å². The van der Waals surface area contributed by atoms with Gasteiger partial charge in [0, 0.05) is 29.3 Å². The van der Waals surface area contributed by atoms with Crippen LogP contribution in [-0.2, 0) is 22.5 Å². The molecule has 0 fully saturated rings. The van der Waals surface area contributed by atoms with Crippen LogP contribution >= 0.6 is 0 Å². The average molecular weight is 240 g/mol. The second-order valence-electron chi connectivity index (χ2n) is 3.83. The lowest BCUT2D eigenvalue weighted by Gasteiger charge is -2.09. The third kappa shape index (κ3) is 4.12. The van der Waals surface area contributed by atoms with E-state index in [-0.39, 0.29) is 11.7 Å². The molecule has 0 radical (unpaired) electrons. The van der Waals surface area contributed by atoms with Gasteiger partial charge in [0.25, 0.3) is 0 Å². The molecule has 0 heterocycles. The van der Waals surface area contributed by atoms with E-state index in [4.69, 9.17) is 0 Å². The van der Waals surface area contributed by atoms with Crippen LogP contribution in [0, 0.1) is 5.92 Å². The zero-order valence-corrected chi connectivity index (χ0v) is 10.0. The maximum atomic E-state index is 11.5. The summed E-state index contributed by atoms with van der Waals surface area (Å²) in [6.07, 6.45) is 0.387. The predicted molar refractivity (Wildman–Crippen MR) is 62.5 cm³/mol. The number of benzene rings is 1. The van der Waals surface area contributed by atoms with E-state index < -0.39 is 11.3 Å². The van der Waals surface area contributed by atoms with Gasteiger partial charge in [0.05, 0.1) is 0 Å². The van der Waals surface area contributed by atoms with E-state index in [2.05, 4.69) is 4.72 Å². The normalized spacial score (nSPS) is 12.5. The Morgan fingerprint density at radius 3 is 2.38 bits per heavy atom. The van der Waals surface area contributed by atoms with Crippen molar-refractivity contribution in [3.8, 4) is 0 Å². The molecule has 16 heavy (non-hydrogen) atoms. The van der Waals surface area contributed by atoms with Gasteiger partial charge in [-0.05, 0) is 17.7 Å². The summed E-state index contributed by atoms with van der Waals surface area (Å²) in [5.74, 6) is 0.194. The summed E-state index contributed by atoms with van der Waals surface area (Å²) in [7, 11) is 0. The van der Waals surface area contributed by atoms with Crippen LogP contribution in [0.1, 0.15) is 19.4 Å². The molecule has 0 aromatic heterocycles. The molecule has 0 saturated heterocycles. The number of carbonyl (C=O) groups excluding carboxylic acids is 1. The molecule has 4 nitrogen and oxygen atoms in total. The highest BCUT2D eigenvalue weighted by Crippen LogP contribution is 2.12. The third-order valence-electron chi connectivity index (χ3n) is 2.18. The first-order chi connectivity index (χ1) is 7.49. The molecule has 1 aromatic carbocycles. The van der Waals surface area contributed by atoms with E-state index in [0.717, 1.165) is 5.56 Å². The largest absolute Gasteiger partial charge is 0.755 e. The van der Waals surface area contributed by atoms with Gasteiger partial charge in [-0.2, -0.15) is 0 Å². The standard InChI is InChI=1S/C11H15NO3S/c1-8(2)11(13)7-9-3-5-10(6-4-9)12-16(14)15/h3-6,8,12H,7H2,1-2H3,(H,14,15)/p-1. The third-order valence-corrected chi connectivity index (χ3v) is 2.58. The van der Waals surface area contributed by atoms with Gasteiger partial charge in [-0.25, -0.2) is 0 Å². The molecule has 0 amide bonds. The highest BCUT2D eigenvalue weighted by Gasteiger charge is 2.07. The maximum absolute atomic E-state index is 11.5. The van der Waals surface area contributed by atoms with Crippen LogP contribution < -0.4 is 4.72 Å². The molecule has 0 bridgehead atoms. The lowest BCUT2D eigenvalue weighted by atomic mass is 10.0. The maximum Gasteiger partial charge on any atom is 0.139 e. The van der Waals surface area contributed by atoms with E-state index in [1.165, 1.54) is 0 Å². The Morgan fingerprint density at radius 1 is 1.38 bits per heavy atom. The van der Waals surface area contributed by atoms with E-state index in [9.17, 15) is 13.6 Å². The molecule has 0 saturated carbocycles. The molecule has 1 N–H and O–H groups in total. The van der Waals surface area contributed by atoms with Gasteiger partial charge in [-0.15, -0.1) is 0 Å². The van der Waals surface area contributed by atoms with Crippen LogP contribution in [0.4, 0.5) is 5.69 Å². The minimum atomic E-state index is -2.31. The Balaban J connectivity index is 2.64. The predicted octanol–water partition coefficient (Wildman–Crippen LogP) is 1.66. The number of rotatable bonds is 5. The zero-order valence-electron chi connectivity index (χ0n) is 9.23. The van der Waals surface area contributed by atoms with Crippen LogP contribution in [0.3, 0.4) is 0 Å². The number of carbonyl (C=O) groups is 1. The molecular formula is C11H14NO3S-. The molecular weight excluding hydrogens is 226 g/mol. The average Bonchev–Trinajstić information content (AvgIpc) is 2.20. The minimum Gasteiger partial charge on any atom is -0.755 e. The fourth-order valence-corrected chi connectivity index (χ4v) is 1.52. The Hall–Kier alpha value is -1.20. The highest BCUT2D eigenvalue weighted by atomic mass is 32.2. The van der Waals surface area contributed by atoms with Crippen molar-refractivity contribution in [2.75, 3.05) is 4.72 Å². The molecule has 0 aliphatic carbocycles. The Labute approximate surface area is 97.5 Å². The van der Waals surface area contributed by atoms with Crippen molar-refractivity contribution in [3.63, 3.8) is 0 Å². The van der Waals surface area contributed by atoms with Gasteiger partial charge in [0.2, 0.25) is 0 Å². The summed E-state index contributed by atoms with van der Waals surface area (Å²) < 4.78 is 23.0. The fourth-order valence-electron chi connectivity index (χ4n) is 1.19. The molecule has 1 unspecified atom stereocenters. The summed E-state index contributed by atoms with van der Waals surface area (Å²) >= 11 is -2.31. The topological polar surface area (TPSA) is 69.2 Å². The van der Waals surface area contributed by atoms with E-state index in [0.29, 0.717) is 12.1 Å². The SMILES string of the molecule is CC(C)C(=O)Cc1ccc(NS(=O)[O-])cc1. The molecule has 0 aliphatic rings. The summed E-state index contributed by atoms with van der Waals surface area (Å²) in [6, 6.07) is 6.77. The number of Topliss-reactive ketones (excluding diaryl/α,β-unsaturated/α-hetero) is 1. The Bertz CT molecular complexity index is 387. The zero-order chi connectivity index (χ0) is 12.1. The lowest BCUT2D eigenvalue weighted by molar-refractivity contribution is -0.121. The van der Waals surface area contributed by atoms with Crippen molar-refractivity contribution in [1.29, 1.82) is 0 Å². The quantitative estimate of drug-likeness (QED) is 0.796. The van der Waals surface area contributed by atoms with Crippen molar-refractivity contribution in [2.45, 2.75) is 20.3 Å². The summed E-state index contributed by atoms with van der Waals surface area (Å²) in [4.78, 5) is 11.5. The number of anilines is 1. The molecule has 5 heteroatoms. The first-order valence-electron chi connectivity index (χ1n) is 4.96. The van der Waals surface area contributed by atoms with Crippen LogP contribution in [0.15, 0.2) is 24.3 Å². The summed E-state index contributed by atoms with van der Waals surface area (Å²) in [5, 5.41) is 0. The number of ketones is 1. The molecule has 1 atom stereocenters. The Kier molecular flexibility index (Phi) is 4.64. The molecule has 1 rings (SSSR count). The van der Waals surface area contributed by atoms with Crippen LogP contribution in [0.5, 0.6) is 0 Å². The van der Waals surface area contributed by atoms with Crippen LogP contribution in [0.2, 0.25) is 0 Å². The van der Waals surface area contributed by atoms with Gasteiger partial charge >= 0.3 is 0 Å². The molecule has 0 aliphatic heterocycles. The van der Waals surface area contributed by atoms with Gasteiger partial charge in [-0.1, -0.05) is 26.0 Å². The first-order valence-corrected chi connectivity index (χ1v) is 6.04. The first kappa shape index (κ1) is 12.9. The Morgan fingerprint density at radius 2 is 1.94 bits per heavy atom. The second-order valence-corrected chi connectivity index (χ2v) is 4.51. The molecule has 0 spiro atoms. The molecule has 1 aromatic rings. The number of hydrogen-bond donors (Lipinski definition) is 1. The van der Waals surface area contributed by atoms with Gasteiger partial charge in [-0.3, -0.25) is 9.00 Å². The van der Waals surface area contributed by atoms with Gasteiger partial charge in [0.1, 0.15) is 5.78 Å². The van der Waals surface area contributed by atoms with Crippen molar-refractivity contribution in [2.24, 2.45) is 5.92 Å². The summed E-state index contributed by atoms with van der Waals surface area (Å²) in [6.45, 7) is 3.72. The van der Waals surface area contributed by atoms with Crippen LogP contribution in [0.25, 0.3) is 0 Å². The lowest BCUT2D eigenvalue weighted by Crippen LogP contribution is -2.10. The fraction of sp³-hybridized carbons (Fsp3) is 0.364. The van der Waals surface area contributed by atoms with Gasteiger partial charge < -0.3 is 9.27 Å². The van der Waals surface area contributed by atoms with Crippen LogP contribution in [-0.4, -0.2) is 14.5 Å². The number of nitrogens with one attached hydrogen (secondary N) is 1. The highest BCUT2D eigenvalue weighted by molar-refractivity contribution is 7.80. The molecule has 88 valence electrons. The summed E-state index contributed by atoms with van der Waals surface area (Å²) in [5.41, 5.74) is 1.38. The smallest absolute Gasteiger partial charge is 0.139 e. The monoisotopic (exact) mass is 240 g/mol. The van der Waals surface area contributed by atoms with E-state index in [1.54, 1.807) is 24.3 Å².